The number of halogens is 1. The summed E-state index contributed by atoms with van der Waals surface area (Å²) >= 11 is 0. The van der Waals surface area contributed by atoms with E-state index in [1.54, 1.807) is 25.1 Å². The van der Waals surface area contributed by atoms with Crippen molar-refractivity contribution in [3.05, 3.63) is 65.0 Å². The third-order valence-electron chi connectivity index (χ3n) is 4.79. The van der Waals surface area contributed by atoms with Crippen molar-refractivity contribution in [1.29, 1.82) is 0 Å². The lowest BCUT2D eigenvalue weighted by molar-refractivity contribution is -0.122. The Hall–Kier alpha value is -2.41. The predicted octanol–water partition coefficient (Wildman–Crippen LogP) is 3.74. The molecular weight excluding hydrogens is 391 g/mol. The molecule has 0 saturated carbocycles. The molecule has 1 amide bonds. The van der Waals surface area contributed by atoms with Crippen LogP contribution in [0.4, 0.5) is 10.1 Å². The molecule has 5 nitrogen and oxygen atoms in total. The molecule has 2 aromatic carbocycles. The van der Waals surface area contributed by atoms with Gasteiger partial charge < -0.3 is 5.32 Å². The number of hydrogen-bond acceptors (Lipinski definition) is 3. The van der Waals surface area contributed by atoms with Crippen LogP contribution in [0.3, 0.4) is 0 Å². The van der Waals surface area contributed by atoms with Crippen molar-refractivity contribution in [2.75, 3.05) is 17.1 Å². The maximum Gasteiger partial charge on any atom is 0.243 e. The van der Waals surface area contributed by atoms with E-state index >= 15 is 0 Å². The van der Waals surface area contributed by atoms with E-state index in [9.17, 15) is 17.6 Å². The summed E-state index contributed by atoms with van der Waals surface area (Å²) in [4.78, 5) is 12.8. The van der Waals surface area contributed by atoms with Gasteiger partial charge in [0.2, 0.25) is 15.9 Å². The maximum absolute atomic E-state index is 13.0. The summed E-state index contributed by atoms with van der Waals surface area (Å²) in [5.41, 5.74) is 3.24. The second kappa shape index (κ2) is 9.87. The second-order valence-electron chi connectivity index (χ2n) is 7.29. The van der Waals surface area contributed by atoms with Gasteiger partial charge in [0.1, 0.15) is 11.9 Å². The zero-order valence-corrected chi connectivity index (χ0v) is 18.2. The molecule has 29 heavy (non-hydrogen) atoms. The highest BCUT2D eigenvalue weighted by atomic mass is 32.2. The lowest BCUT2D eigenvalue weighted by Crippen LogP contribution is -2.49. The van der Waals surface area contributed by atoms with E-state index in [0.717, 1.165) is 22.9 Å². The van der Waals surface area contributed by atoms with Crippen LogP contribution in [0.1, 0.15) is 36.5 Å². The average molecular weight is 421 g/mol. The first kappa shape index (κ1) is 22.9. The maximum atomic E-state index is 13.0. The summed E-state index contributed by atoms with van der Waals surface area (Å²) in [7, 11) is -3.65. The van der Waals surface area contributed by atoms with Gasteiger partial charge in [0, 0.05) is 6.54 Å². The van der Waals surface area contributed by atoms with E-state index in [4.69, 9.17) is 0 Å². The molecule has 0 aliphatic rings. The highest BCUT2D eigenvalue weighted by Gasteiger charge is 2.32. The van der Waals surface area contributed by atoms with E-state index in [-0.39, 0.29) is 11.7 Å². The Kier molecular flexibility index (Phi) is 7.79. The minimum atomic E-state index is -3.65. The van der Waals surface area contributed by atoms with Crippen molar-refractivity contribution in [2.45, 2.75) is 46.1 Å². The van der Waals surface area contributed by atoms with Crippen molar-refractivity contribution in [3.63, 3.8) is 0 Å². The van der Waals surface area contributed by atoms with Crippen LogP contribution in [0.2, 0.25) is 0 Å². The SMILES string of the molecule is CC[C@H](C(=O)NCCCc1ccc(F)cc1)N(c1cc(C)ccc1C)S(C)(=O)=O. The van der Waals surface area contributed by atoms with Crippen LogP contribution < -0.4 is 9.62 Å². The average Bonchev–Trinajstić information content (AvgIpc) is 2.65. The van der Waals surface area contributed by atoms with E-state index in [1.165, 1.54) is 16.4 Å². The largest absolute Gasteiger partial charge is 0.354 e. The summed E-state index contributed by atoms with van der Waals surface area (Å²) in [5, 5.41) is 2.85. The summed E-state index contributed by atoms with van der Waals surface area (Å²) < 4.78 is 39.3. The van der Waals surface area contributed by atoms with Gasteiger partial charge in [0.25, 0.3) is 0 Å². The van der Waals surface area contributed by atoms with Gasteiger partial charge in [-0.2, -0.15) is 0 Å². The number of nitrogens with zero attached hydrogens (tertiary/aromatic N) is 1. The van der Waals surface area contributed by atoms with E-state index < -0.39 is 16.1 Å². The molecule has 0 aliphatic heterocycles. The minimum absolute atomic E-state index is 0.278. The van der Waals surface area contributed by atoms with Crippen molar-refractivity contribution in [1.82, 2.24) is 5.32 Å². The van der Waals surface area contributed by atoms with Gasteiger partial charge in [-0.15, -0.1) is 0 Å². The normalized spacial score (nSPS) is 12.4. The van der Waals surface area contributed by atoms with Crippen LogP contribution in [0.5, 0.6) is 0 Å². The lowest BCUT2D eigenvalue weighted by Gasteiger charge is -2.31. The van der Waals surface area contributed by atoms with Gasteiger partial charge in [-0.3, -0.25) is 9.10 Å². The molecule has 158 valence electrons. The van der Waals surface area contributed by atoms with Crippen LogP contribution in [-0.2, 0) is 21.2 Å². The standard InChI is InChI=1S/C22H29FN2O3S/c1-5-20(22(26)24-14-6-7-18-10-12-19(23)13-11-18)25(29(4,27)28)21-15-16(2)8-9-17(21)3/h8-13,15,20H,5-7,14H2,1-4H3,(H,24,26)/t20-/m1/s1. The first-order valence-corrected chi connectivity index (χ1v) is 11.6. The molecule has 0 bridgehead atoms. The Bertz CT molecular complexity index is 943. The van der Waals surface area contributed by atoms with Crippen LogP contribution >= 0.6 is 0 Å². The van der Waals surface area contributed by atoms with Crippen LogP contribution in [-0.4, -0.2) is 33.2 Å². The topological polar surface area (TPSA) is 66.5 Å². The van der Waals surface area contributed by atoms with Crippen LogP contribution in [0.25, 0.3) is 0 Å². The second-order valence-corrected chi connectivity index (χ2v) is 9.15. The van der Waals surface area contributed by atoms with Crippen molar-refractivity contribution >= 4 is 21.6 Å². The number of rotatable bonds is 9. The smallest absolute Gasteiger partial charge is 0.243 e. The summed E-state index contributed by atoms with van der Waals surface area (Å²) in [6, 6.07) is 11.0. The molecule has 1 N–H and O–H groups in total. The van der Waals surface area contributed by atoms with Crippen LogP contribution in [0, 0.1) is 19.7 Å². The van der Waals surface area contributed by atoms with E-state index in [1.807, 2.05) is 26.0 Å². The highest BCUT2D eigenvalue weighted by molar-refractivity contribution is 7.92. The quantitative estimate of drug-likeness (QED) is 0.629. The Balaban J connectivity index is 2.10. The molecular formula is C22H29FN2O3S. The fourth-order valence-corrected chi connectivity index (χ4v) is 4.53. The van der Waals surface area contributed by atoms with Gasteiger partial charge in [0.05, 0.1) is 11.9 Å². The Morgan fingerprint density at radius 1 is 1.14 bits per heavy atom. The van der Waals surface area contributed by atoms with Gasteiger partial charge in [0.15, 0.2) is 0 Å². The fraction of sp³-hybridized carbons (Fsp3) is 0.409. The Labute approximate surface area is 173 Å². The molecule has 0 radical (unpaired) electrons. The first-order valence-electron chi connectivity index (χ1n) is 9.72. The zero-order valence-electron chi connectivity index (χ0n) is 17.4. The molecule has 0 aliphatic carbocycles. The van der Waals surface area contributed by atoms with Gasteiger partial charge >= 0.3 is 0 Å². The highest BCUT2D eigenvalue weighted by Crippen LogP contribution is 2.27. The number of aryl methyl sites for hydroxylation is 3. The molecule has 0 saturated heterocycles. The fourth-order valence-electron chi connectivity index (χ4n) is 3.27. The molecule has 0 unspecified atom stereocenters. The summed E-state index contributed by atoms with van der Waals surface area (Å²) in [6.07, 6.45) is 2.85. The van der Waals surface area contributed by atoms with E-state index in [2.05, 4.69) is 5.32 Å². The molecule has 2 rings (SSSR count). The number of carbonyl (C=O) groups is 1. The lowest BCUT2D eigenvalue weighted by atomic mass is 10.1. The molecule has 0 heterocycles. The van der Waals surface area contributed by atoms with Crippen molar-refractivity contribution in [2.24, 2.45) is 0 Å². The number of amides is 1. The number of hydrogen-bond donors (Lipinski definition) is 1. The zero-order chi connectivity index (χ0) is 21.6. The Morgan fingerprint density at radius 3 is 2.38 bits per heavy atom. The van der Waals surface area contributed by atoms with Gasteiger partial charge in [-0.05, 0) is 68.0 Å². The molecule has 0 fully saturated rings. The van der Waals surface area contributed by atoms with Crippen LogP contribution in [0.15, 0.2) is 42.5 Å². The summed E-state index contributed by atoms with van der Waals surface area (Å²) in [5.74, 6) is -0.599. The Morgan fingerprint density at radius 2 is 1.79 bits per heavy atom. The number of carbonyl (C=O) groups excluding carboxylic acids is 1. The third-order valence-corrected chi connectivity index (χ3v) is 5.95. The molecule has 0 aromatic heterocycles. The first-order chi connectivity index (χ1) is 13.6. The van der Waals surface area contributed by atoms with Crippen molar-refractivity contribution in [3.8, 4) is 0 Å². The minimum Gasteiger partial charge on any atom is -0.354 e. The number of nitrogens with one attached hydrogen (secondary N) is 1. The number of sulfonamides is 1. The monoisotopic (exact) mass is 420 g/mol. The number of benzene rings is 2. The predicted molar refractivity (Wildman–Crippen MR) is 115 cm³/mol. The number of anilines is 1. The molecule has 7 heteroatoms. The third kappa shape index (κ3) is 6.29. The van der Waals surface area contributed by atoms with Crippen molar-refractivity contribution < 1.29 is 17.6 Å². The summed E-state index contributed by atoms with van der Waals surface area (Å²) in [6.45, 7) is 5.93. The molecule has 0 spiro atoms. The molecule has 2 aromatic rings. The molecule has 1 atom stereocenters. The van der Waals surface area contributed by atoms with Gasteiger partial charge in [-0.25, -0.2) is 12.8 Å². The van der Waals surface area contributed by atoms with Gasteiger partial charge in [-0.1, -0.05) is 31.2 Å². The van der Waals surface area contributed by atoms with E-state index in [0.29, 0.717) is 31.5 Å².